The number of halogens is 1. The van der Waals surface area contributed by atoms with E-state index in [1.807, 2.05) is 18.2 Å². The predicted octanol–water partition coefficient (Wildman–Crippen LogP) is 3.04. The number of rotatable bonds is 5. The van der Waals surface area contributed by atoms with Gasteiger partial charge >= 0.3 is 0 Å². The highest BCUT2D eigenvalue weighted by molar-refractivity contribution is 7.90. The number of nitrogens with zero attached hydrogens (tertiary/aromatic N) is 1. The highest BCUT2D eigenvalue weighted by Gasteiger charge is 2.27. The molecule has 0 spiro atoms. The molecule has 1 fully saturated rings. The van der Waals surface area contributed by atoms with Gasteiger partial charge in [0.2, 0.25) is 0 Å². The Balaban J connectivity index is 0.00000261. The fraction of sp³-hybridized carbons (Fsp3) is 0.350. The second kappa shape index (κ2) is 9.35. The van der Waals surface area contributed by atoms with Crippen LogP contribution in [-0.4, -0.2) is 38.4 Å². The van der Waals surface area contributed by atoms with Crippen LogP contribution in [0.25, 0.3) is 0 Å². The summed E-state index contributed by atoms with van der Waals surface area (Å²) in [7, 11) is -3.51. The quantitative estimate of drug-likeness (QED) is 0.824. The zero-order valence-electron chi connectivity index (χ0n) is 15.1. The van der Waals surface area contributed by atoms with Crippen molar-refractivity contribution in [3.8, 4) is 0 Å². The second-order valence-electron chi connectivity index (χ2n) is 6.66. The van der Waals surface area contributed by atoms with Crippen molar-refractivity contribution in [1.82, 2.24) is 4.90 Å². The lowest BCUT2D eigenvalue weighted by Crippen LogP contribution is -2.47. The summed E-state index contributed by atoms with van der Waals surface area (Å²) in [4.78, 5) is 14.8. The van der Waals surface area contributed by atoms with Crippen LogP contribution in [0.15, 0.2) is 59.5 Å². The molecule has 5 nitrogen and oxygen atoms in total. The van der Waals surface area contributed by atoms with Crippen molar-refractivity contribution in [3.63, 3.8) is 0 Å². The van der Waals surface area contributed by atoms with Gasteiger partial charge in [-0.2, -0.15) is 0 Å². The Morgan fingerprint density at radius 3 is 2.52 bits per heavy atom. The maximum absolute atomic E-state index is 12.9. The van der Waals surface area contributed by atoms with Gasteiger partial charge in [-0.1, -0.05) is 36.4 Å². The van der Waals surface area contributed by atoms with E-state index >= 15 is 0 Å². The number of hydrogen-bond donors (Lipinski definition) is 1. The van der Waals surface area contributed by atoms with Gasteiger partial charge in [-0.05, 0) is 43.0 Å². The first-order valence-corrected chi connectivity index (χ1v) is 10.5. The van der Waals surface area contributed by atoms with Crippen LogP contribution in [0.4, 0.5) is 0 Å². The van der Waals surface area contributed by atoms with E-state index in [2.05, 4.69) is 0 Å². The molecule has 0 aliphatic carbocycles. The van der Waals surface area contributed by atoms with Gasteiger partial charge < -0.3 is 10.6 Å². The molecule has 0 bridgehead atoms. The summed E-state index contributed by atoms with van der Waals surface area (Å²) in [6, 6.07) is 15.4. The van der Waals surface area contributed by atoms with Crippen LogP contribution in [0, 0.1) is 0 Å². The van der Waals surface area contributed by atoms with Crippen LogP contribution in [0.1, 0.15) is 35.2 Å². The average molecular weight is 409 g/mol. The minimum Gasteiger partial charge on any atom is -0.334 e. The van der Waals surface area contributed by atoms with E-state index in [-0.39, 0.29) is 35.0 Å². The Labute approximate surface area is 166 Å². The smallest absolute Gasteiger partial charge is 0.254 e. The summed E-state index contributed by atoms with van der Waals surface area (Å²) >= 11 is 0. The standard InChI is InChI=1S/C20H24N2O3S.ClH/c21-14-18-10-4-5-12-22(18)20(23)17-9-6-11-19(13-17)26(24,25)15-16-7-2-1-3-8-16;/h1-3,6-9,11,13,18H,4-5,10,12,14-15,21H2;1H. The number of carbonyl (C=O) groups excluding carboxylic acids is 1. The Hall–Kier alpha value is -1.89. The van der Waals surface area contributed by atoms with Gasteiger partial charge in [-0.3, -0.25) is 4.79 Å². The van der Waals surface area contributed by atoms with E-state index in [0.29, 0.717) is 18.7 Å². The van der Waals surface area contributed by atoms with Gasteiger partial charge in [0.1, 0.15) is 0 Å². The fourth-order valence-electron chi connectivity index (χ4n) is 3.38. The number of carbonyl (C=O) groups is 1. The largest absolute Gasteiger partial charge is 0.334 e. The summed E-state index contributed by atoms with van der Waals surface area (Å²) in [6.07, 6.45) is 2.92. The van der Waals surface area contributed by atoms with Gasteiger partial charge in [0, 0.05) is 24.7 Å². The average Bonchev–Trinajstić information content (AvgIpc) is 2.68. The molecule has 2 N–H and O–H groups in total. The molecule has 146 valence electrons. The fourth-order valence-corrected chi connectivity index (χ4v) is 4.77. The Kier molecular flexibility index (Phi) is 7.41. The maximum Gasteiger partial charge on any atom is 0.254 e. The minimum atomic E-state index is -3.51. The third kappa shape index (κ3) is 5.09. The third-order valence-corrected chi connectivity index (χ3v) is 6.49. The Bertz CT molecular complexity index is 872. The summed E-state index contributed by atoms with van der Waals surface area (Å²) in [5, 5.41) is 0. The summed E-state index contributed by atoms with van der Waals surface area (Å²) in [6.45, 7) is 1.10. The van der Waals surface area contributed by atoms with Gasteiger partial charge in [0.25, 0.3) is 5.91 Å². The predicted molar refractivity (Wildman–Crippen MR) is 109 cm³/mol. The molecule has 0 aromatic heterocycles. The highest BCUT2D eigenvalue weighted by atomic mass is 35.5. The van der Waals surface area contributed by atoms with E-state index < -0.39 is 9.84 Å². The molecule has 1 saturated heterocycles. The van der Waals surface area contributed by atoms with Gasteiger partial charge in [-0.25, -0.2) is 8.42 Å². The topological polar surface area (TPSA) is 80.5 Å². The number of amides is 1. The third-order valence-electron chi connectivity index (χ3n) is 4.80. The molecule has 27 heavy (non-hydrogen) atoms. The van der Waals surface area contributed by atoms with Crippen LogP contribution >= 0.6 is 12.4 Å². The first-order valence-electron chi connectivity index (χ1n) is 8.89. The molecular formula is C20H25ClN2O3S. The molecular weight excluding hydrogens is 384 g/mol. The van der Waals surface area contributed by atoms with E-state index in [0.717, 1.165) is 24.8 Å². The SMILES string of the molecule is Cl.NCC1CCCCN1C(=O)c1cccc(S(=O)(=O)Cc2ccccc2)c1. The van der Waals surface area contributed by atoms with Crippen molar-refractivity contribution < 1.29 is 13.2 Å². The number of benzene rings is 2. The molecule has 1 amide bonds. The summed E-state index contributed by atoms with van der Waals surface area (Å²) in [5.74, 6) is -0.224. The normalized spacial score (nSPS) is 17.2. The Morgan fingerprint density at radius 1 is 1.07 bits per heavy atom. The molecule has 0 radical (unpaired) electrons. The monoisotopic (exact) mass is 408 g/mol. The second-order valence-corrected chi connectivity index (χ2v) is 8.65. The first-order chi connectivity index (χ1) is 12.5. The van der Waals surface area contributed by atoms with Gasteiger partial charge in [-0.15, -0.1) is 12.4 Å². The molecule has 1 unspecified atom stereocenters. The van der Waals surface area contributed by atoms with Crippen molar-refractivity contribution >= 4 is 28.2 Å². The molecule has 0 saturated carbocycles. The number of piperidine rings is 1. The molecule has 1 heterocycles. The number of sulfone groups is 1. The van der Waals surface area contributed by atoms with Crippen molar-refractivity contribution in [3.05, 3.63) is 65.7 Å². The molecule has 3 rings (SSSR count). The highest BCUT2D eigenvalue weighted by Crippen LogP contribution is 2.22. The molecule has 1 atom stereocenters. The molecule has 2 aromatic carbocycles. The lowest BCUT2D eigenvalue weighted by molar-refractivity contribution is 0.0623. The molecule has 1 aliphatic heterocycles. The van der Waals surface area contributed by atoms with Crippen LogP contribution < -0.4 is 5.73 Å². The molecule has 2 aromatic rings. The van der Waals surface area contributed by atoms with E-state index in [9.17, 15) is 13.2 Å². The zero-order chi connectivity index (χ0) is 18.6. The Morgan fingerprint density at radius 2 is 1.81 bits per heavy atom. The van der Waals surface area contributed by atoms with Crippen LogP contribution in [-0.2, 0) is 15.6 Å². The van der Waals surface area contributed by atoms with E-state index in [1.54, 1.807) is 35.2 Å². The number of likely N-dealkylation sites (tertiary alicyclic amines) is 1. The maximum atomic E-state index is 12.9. The lowest BCUT2D eigenvalue weighted by Gasteiger charge is -2.35. The summed E-state index contributed by atoms with van der Waals surface area (Å²) in [5.41, 5.74) is 6.93. The van der Waals surface area contributed by atoms with Crippen molar-refractivity contribution in [2.24, 2.45) is 5.73 Å². The minimum absolute atomic E-state index is 0. The summed E-state index contributed by atoms with van der Waals surface area (Å²) < 4.78 is 25.5. The van der Waals surface area contributed by atoms with Crippen LogP contribution in [0.3, 0.4) is 0 Å². The molecule has 1 aliphatic rings. The van der Waals surface area contributed by atoms with Gasteiger partial charge in [0.15, 0.2) is 9.84 Å². The van der Waals surface area contributed by atoms with E-state index in [1.165, 1.54) is 6.07 Å². The molecule has 7 heteroatoms. The zero-order valence-corrected chi connectivity index (χ0v) is 16.7. The first kappa shape index (κ1) is 21.4. The van der Waals surface area contributed by atoms with Crippen LogP contribution in [0.5, 0.6) is 0 Å². The van der Waals surface area contributed by atoms with Crippen molar-refractivity contribution in [2.45, 2.75) is 36.0 Å². The number of hydrogen-bond acceptors (Lipinski definition) is 4. The van der Waals surface area contributed by atoms with Crippen molar-refractivity contribution in [2.75, 3.05) is 13.1 Å². The number of nitrogens with two attached hydrogens (primary N) is 1. The van der Waals surface area contributed by atoms with E-state index in [4.69, 9.17) is 5.73 Å². The van der Waals surface area contributed by atoms with Gasteiger partial charge in [0.05, 0.1) is 10.6 Å². The lowest BCUT2D eigenvalue weighted by atomic mass is 10.0. The van der Waals surface area contributed by atoms with Crippen LogP contribution in [0.2, 0.25) is 0 Å². The van der Waals surface area contributed by atoms with Crippen molar-refractivity contribution in [1.29, 1.82) is 0 Å².